The molecule has 0 aliphatic carbocycles. The molecule has 3 nitrogen and oxygen atoms in total. The zero-order valence-corrected chi connectivity index (χ0v) is 12.1. The molecule has 0 aromatic carbocycles. The van der Waals surface area contributed by atoms with E-state index in [0.29, 0.717) is 13.2 Å². The molecule has 0 radical (unpaired) electrons. The highest BCUT2D eigenvalue weighted by Gasteiger charge is 2.07. The van der Waals surface area contributed by atoms with E-state index in [1.165, 1.54) is 0 Å². The van der Waals surface area contributed by atoms with Crippen molar-refractivity contribution < 1.29 is 14.9 Å². The molecule has 0 aliphatic heterocycles. The lowest BCUT2D eigenvalue weighted by Crippen LogP contribution is -2.21. The third-order valence-electron chi connectivity index (χ3n) is 3.01. The molecule has 2 unspecified atom stereocenters. The number of unbranched alkanes of at least 4 members (excludes halogenated alkanes) is 4. The molecular formula is C16H30O3. The summed E-state index contributed by atoms with van der Waals surface area (Å²) < 4.78 is 5.33. The van der Waals surface area contributed by atoms with E-state index in [0.717, 1.165) is 51.4 Å². The molecule has 0 fully saturated rings. The highest BCUT2D eigenvalue weighted by atomic mass is 16.5. The van der Waals surface area contributed by atoms with Crippen LogP contribution in [0.1, 0.15) is 51.4 Å². The lowest BCUT2D eigenvalue weighted by atomic mass is 10.1. The first-order valence-electron chi connectivity index (χ1n) is 7.36. The second-order valence-corrected chi connectivity index (χ2v) is 4.99. The van der Waals surface area contributed by atoms with Crippen LogP contribution in [0.4, 0.5) is 0 Å². The van der Waals surface area contributed by atoms with Gasteiger partial charge < -0.3 is 14.9 Å². The zero-order valence-electron chi connectivity index (χ0n) is 12.1. The molecule has 0 saturated carbocycles. The Morgan fingerprint density at radius 1 is 0.789 bits per heavy atom. The van der Waals surface area contributed by atoms with Crippen LogP contribution >= 0.6 is 0 Å². The van der Waals surface area contributed by atoms with Gasteiger partial charge in [0.25, 0.3) is 0 Å². The predicted molar refractivity (Wildman–Crippen MR) is 80.2 cm³/mol. The molecule has 3 heteroatoms. The fourth-order valence-electron chi connectivity index (χ4n) is 1.84. The van der Waals surface area contributed by atoms with E-state index < -0.39 is 12.2 Å². The fraction of sp³-hybridized carbons (Fsp3) is 0.750. The van der Waals surface area contributed by atoms with Crippen molar-refractivity contribution in [1.82, 2.24) is 0 Å². The molecule has 0 rings (SSSR count). The molecule has 19 heavy (non-hydrogen) atoms. The smallest absolute Gasteiger partial charge is 0.0773 e. The quantitative estimate of drug-likeness (QED) is 0.376. The van der Waals surface area contributed by atoms with Gasteiger partial charge in [0.2, 0.25) is 0 Å². The standard InChI is InChI=1S/C16H30O3/c1-3-5-7-9-11-15(17)13-19-14-16(18)12-10-8-6-4-2/h3-4,15-18H,1-2,5-14H2. The Morgan fingerprint density at radius 3 is 1.58 bits per heavy atom. The van der Waals surface area contributed by atoms with Crippen molar-refractivity contribution in [2.75, 3.05) is 13.2 Å². The Hall–Kier alpha value is -0.640. The summed E-state index contributed by atoms with van der Waals surface area (Å²) in [7, 11) is 0. The number of allylic oxidation sites excluding steroid dienone is 2. The molecule has 0 spiro atoms. The summed E-state index contributed by atoms with van der Waals surface area (Å²) >= 11 is 0. The van der Waals surface area contributed by atoms with Gasteiger partial charge in [-0.05, 0) is 38.5 Å². The molecular weight excluding hydrogens is 240 g/mol. The Morgan fingerprint density at radius 2 is 1.21 bits per heavy atom. The first-order chi connectivity index (χ1) is 9.20. The van der Waals surface area contributed by atoms with Gasteiger partial charge in [-0.25, -0.2) is 0 Å². The zero-order chi connectivity index (χ0) is 14.3. The van der Waals surface area contributed by atoms with Gasteiger partial charge in [0.05, 0.1) is 25.4 Å². The van der Waals surface area contributed by atoms with Gasteiger partial charge >= 0.3 is 0 Å². The number of hydrogen-bond acceptors (Lipinski definition) is 3. The molecule has 0 aromatic heterocycles. The summed E-state index contributed by atoms with van der Waals surface area (Å²) in [6.45, 7) is 7.96. The van der Waals surface area contributed by atoms with Gasteiger partial charge in [-0.15, -0.1) is 13.2 Å². The van der Waals surface area contributed by atoms with Crippen molar-refractivity contribution in [3.05, 3.63) is 25.3 Å². The van der Waals surface area contributed by atoms with Crippen LogP contribution in [0, 0.1) is 0 Å². The lowest BCUT2D eigenvalue weighted by Gasteiger charge is -2.14. The van der Waals surface area contributed by atoms with Gasteiger partial charge in [-0.2, -0.15) is 0 Å². The third-order valence-corrected chi connectivity index (χ3v) is 3.01. The minimum Gasteiger partial charge on any atom is -0.391 e. The predicted octanol–water partition coefficient (Wildman–Crippen LogP) is 3.22. The maximum Gasteiger partial charge on any atom is 0.0773 e. The molecule has 0 bridgehead atoms. The average molecular weight is 270 g/mol. The molecule has 0 saturated heterocycles. The Labute approximate surface area is 118 Å². The molecule has 2 N–H and O–H groups in total. The van der Waals surface area contributed by atoms with Crippen molar-refractivity contribution in [2.45, 2.75) is 63.6 Å². The topological polar surface area (TPSA) is 49.7 Å². The van der Waals surface area contributed by atoms with Crippen LogP contribution in [-0.2, 0) is 4.74 Å². The largest absolute Gasteiger partial charge is 0.391 e. The minimum atomic E-state index is -0.419. The Bertz CT molecular complexity index is 194. The SMILES string of the molecule is C=CCCCCC(O)COCC(O)CCCCC=C. The number of rotatable bonds is 14. The lowest BCUT2D eigenvalue weighted by molar-refractivity contribution is -0.0128. The highest BCUT2D eigenvalue weighted by Crippen LogP contribution is 2.07. The van der Waals surface area contributed by atoms with Crippen molar-refractivity contribution in [1.29, 1.82) is 0 Å². The molecule has 0 heterocycles. The van der Waals surface area contributed by atoms with Gasteiger partial charge in [-0.1, -0.05) is 25.0 Å². The van der Waals surface area contributed by atoms with E-state index in [-0.39, 0.29) is 0 Å². The van der Waals surface area contributed by atoms with Crippen LogP contribution in [0.2, 0.25) is 0 Å². The monoisotopic (exact) mass is 270 g/mol. The summed E-state index contributed by atoms with van der Waals surface area (Å²) in [4.78, 5) is 0. The Balaban J connectivity index is 3.34. The maximum atomic E-state index is 9.66. The maximum absolute atomic E-state index is 9.66. The molecule has 112 valence electrons. The second-order valence-electron chi connectivity index (χ2n) is 4.99. The first-order valence-corrected chi connectivity index (χ1v) is 7.36. The minimum absolute atomic E-state index is 0.317. The number of aliphatic hydroxyl groups is 2. The summed E-state index contributed by atoms with van der Waals surface area (Å²) in [6, 6.07) is 0. The second kappa shape index (κ2) is 13.8. The normalized spacial score (nSPS) is 14.0. The van der Waals surface area contributed by atoms with Gasteiger partial charge in [0, 0.05) is 0 Å². The number of aliphatic hydroxyl groups excluding tert-OH is 2. The number of ether oxygens (including phenoxy) is 1. The van der Waals surface area contributed by atoms with Crippen molar-refractivity contribution >= 4 is 0 Å². The third kappa shape index (κ3) is 13.6. The van der Waals surface area contributed by atoms with Crippen LogP contribution in [0.25, 0.3) is 0 Å². The molecule has 0 amide bonds. The molecule has 0 aliphatic rings. The van der Waals surface area contributed by atoms with E-state index in [4.69, 9.17) is 4.74 Å². The Kier molecular flexibility index (Phi) is 13.3. The van der Waals surface area contributed by atoms with E-state index in [1.54, 1.807) is 0 Å². The van der Waals surface area contributed by atoms with Crippen LogP contribution in [-0.4, -0.2) is 35.6 Å². The van der Waals surface area contributed by atoms with Crippen molar-refractivity contribution in [3.8, 4) is 0 Å². The molecule has 0 aromatic rings. The molecule has 2 atom stereocenters. The number of hydrogen-bond donors (Lipinski definition) is 2. The van der Waals surface area contributed by atoms with E-state index in [9.17, 15) is 10.2 Å². The van der Waals surface area contributed by atoms with Crippen molar-refractivity contribution in [3.63, 3.8) is 0 Å². The van der Waals surface area contributed by atoms with Gasteiger partial charge in [-0.3, -0.25) is 0 Å². The van der Waals surface area contributed by atoms with Crippen molar-refractivity contribution in [2.24, 2.45) is 0 Å². The van der Waals surface area contributed by atoms with Crippen LogP contribution < -0.4 is 0 Å². The summed E-state index contributed by atoms with van der Waals surface area (Å²) in [5.74, 6) is 0. The van der Waals surface area contributed by atoms with Gasteiger partial charge in [0.15, 0.2) is 0 Å². The average Bonchev–Trinajstić information content (AvgIpc) is 2.40. The van der Waals surface area contributed by atoms with Crippen LogP contribution in [0.3, 0.4) is 0 Å². The summed E-state index contributed by atoms with van der Waals surface area (Å²) in [6.07, 6.45) is 10.5. The van der Waals surface area contributed by atoms with Gasteiger partial charge in [0.1, 0.15) is 0 Å². The van der Waals surface area contributed by atoms with E-state index in [2.05, 4.69) is 13.2 Å². The highest BCUT2D eigenvalue weighted by molar-refractivity contribution is 4.67. The fourth-order valence-corrected chi connectivity index (χ4v) is 1.84. The van der Waals surface area contributed by atoms with Crippen LogP contribution in [0.15, 0.2) is 25.3 Å². The van der Waals surface area contributed by atoms with Crippen LogP contribution in [0.5, 0.6) is 0 Å². The summed E-state index contributed by atoms with van der Waals surface area (Å²) in [5.41, 5.74) is 0. The summed E-state index contributed by atoms with van der Waals surface area (Å²) in [5, 5.41) is 19.3. The van der Waals surface area contributed by atoms with E-state index >= 15 is 0 Å². The van der Waals surface area contributed by atoms with E-state index in [1.807, 2.05) is 12.2 Å². The first kappa shape index (κ1) is 18.4.